The molecule has 2 atom stereocenters. The molecule has 1 aromatic carbocycles. The van der Waals surface area contributed by atoms with Crippen molar-refractivity contribution in [3.63, 3.8) is 0 Å². The Bertz CT molecular complexity index is 704. The molecule has 0 radical (unpaired) electrons. The molecule has 1 unspecified atom stereocenters. The Morgan fingerprint density at radius 3 is 2.54 bits per heavy atom. The number of rotatable bonds is 8. The van der Waals surface area contributed by atoms with Crippen molar-refractivity contribution in [3.05, 3.63) is 30.3 Å². The fourth-order valence-corrected chi connectivity index (χ4v) is 4.67. The topological polar surface area (TPSA) is 82.1 Å². The Morgan fingerprint density at radius 2 is 2.00 bits per heavy atom. The van der Waals surface area contributed by atoms with Crippen molar-refractivity contribution >= 4 is 15.7 Å². The first-order valence-corrected chi connectivity index (χ1v) is 10.1. The lowest BCUT2D eigenvalue weighted by Crippen LogP contribution is -2.40. The zero-order valence-electron chi connectivity index (χ0n) is 15.7. The molecule has 1 saturated heterocycles. The summed E-state index contributed by atoms with van der Waals surface area (Å²) in [4.78, 5) is 17.6. The lowest BCUT2D eigenvalue weighted by molar-refractivity contribution is -0.168. The van der Waals surface area contributed by atoms with E-state index in [1.807, 2.05) is 13.8 Å². The molecule has 1 aliphatic rings. The molecule has 1 amide bonds. The van der Waals surface area contributed by atoms with Crippen LogP contribution in [0.15, 0.2) is 35.2 Å². The van der Waals surface area contributed by atoms with Crippen LogP contribution >= 0.6 is 0 Å². The van der Waals surface area contributed by atoms with Crippen LogP contribution in [-0.2, 0) is 28.9 Å². The van der Waals surface area contributed by atoms with Crippen molar-refractivity contribution in [2.45, 2.75) is 55.1 Å². The first-order valence-electron chi connectivity index (χ1n) is 8.60. The SMILES string of the molecule is CON(C)C(=O)C(CCC[C@H]1COC(C)(C)O1)S(=O)(=O)c1ccccc1. The Balaban J connectivity index is 2.11. The van der Waals surface area contributed by atoms with E-state index in [4.69, 9.17) is 14.3 Å². The van der Waals surface area contributed by atoms with Gasteiger partial charge in [-0.2, -0.15) is 0 Å². The number of nitrogens with zero attached hydrogens (tertiary/aromatic N) is 1. The summed E-state index contributed by atoms with van der Waals surface area (Å²) in [7, 11) is -1.08. The lowest BCUT2D eigenvalue weighted by atomic mass is 10.1. The van der Waals surface area contributed by atoms with Gasteiger partial charge in [0.05, 0.1) is 24.7 Å². The van der Waals surface area contributed by atoms with Crippen molar-refractivity contribution in [1.29, 1.82) is 0 Å². The Labute approximate surface area is 155 Å². The molecule has 0 saturated carbocycles. The predicted molar refractivity (Wildman–Crippen MR) is 95.9 cm³/mol. The average Bonchev–Trinajstić information content (AvgIpc) is 2.96. The van der Waals surface area contributed by atoms with Gasteiger partial charge in [0.25, 0.3) is 5.91 Å². The second kappa shape index (κ2) is 8.47. The summed E-state index contributed by atoms with van der Waals surface area (Å²) < 4.78 is 37.2. The zero-order valence-corrected chi connectivity index (χ0v) is 16.5. The first-order chi connectivity index (χ1) is 12.2. The van der Waals surface area contributed by atoms with Crippen LogP contribution < -0.4 is 0 Å². The summed E-state index contributed by atoms with van der Waals surface area (Å²) in [5.41, 5.74) is 0. The van der Waals surface area contributed by atoms with Gasteiger partial charge in [0.15, 0.2) is 15.6 Å². The number of ether oxygens (including phenoxy) is 2. The number of benzene rings is 1. The summed E-state index contributed by atoms with van der Waals surface area (Å²) >= 11 is 0. The number of hydrogen-bond acceptors (Lipinski definition) is 6. The third-order valence-corrected chi connectivity index (χ3v) is 6.48. The number of carbonyl (C=O) groups is 1. The van der Waals surface area contributed by atoms with E-state index in [0.717, 1.165) is 5.06 Å². The summed E-state index contributed by atoms with van der Waals surface area (Å²) in [5, 5.41) is -0.242. The summed E-state index contributed by atoms with van der Waals surface area (Å²) in [5.74, 6) is -1.20. The zero-order chi connectivity index (χ0) is 19.4. The maximum absolute atomic E-state index is 13.0. The number of amides is 1. The first kappa shape index (κ1) is 20.8. The maximum Gasteiger partial charge on any atom is 0.264 e. The fraction of sp³-hybridized carbons (Fsp3) is 0.611. The van der Waals surface area contributed by atoms with Gasteiger partial charge in [0, 0.05) is 7.05 Å². The van der Waals surface area contributed by atoms with Gasteiger partial charge in [-0.05, 0) is 45.2 Å². The van der Waals surface area contributed by atoms with Crippen LogP contribution in [0, 0.1) is 0 Å². The van der Waals surface area contributed by atoms with Gasteiger partial charge in [-0.25, -0.2) is 13.5 Å². The van der Waals surface area contributed by atoms with Crippen molar-refractivity contribution in [2.24, 2.45) is 0 Å². The molecule has 146 valence electrons. The van der Waals surface area contributed by atoms with E-state index in [1.165, 1.54) is 26.3 Å². The van der Waals surface area contributed by atoms with Gasteiger partial charge in [-0.3, -0.25) is 9.63 Å². The van der Waals surface area contributed by atoms with Gasteiger partial charge in [0.1, 0.15) is 5.25 Å². The Morgan fingerprint density at radius 1 is 1.35 bits per heavy atom. The average molecular weight is 385 g/mol. The minimum atomic E-state index is -3.82. The number of hydroxylamine groups is 2. The van der Waals surface area contributed by atoms with E-state index < -0.39 is 26.8 Å². The van der Waals surface area contributed by atoms with E-state index in [0.29, 0.717) is 19.4 Å². The molecule has 1 aliphatic heterocycles. The van der Waals surface area contributed by atoms with Crippen molar-refractivity contribution < 1.29 is 27.5 Å². The minimum absolute atomic E-state index is 0.0969. The fourth-order valence-electron chi connectivity index (χ4n) is 2.91. The Hall–Kier alpha value is -1.48. The molecule has 0 N–H and O–H groups in total. The van der Waals surface area contributed by atoms with Crippen LogP contribution in [0.1, 0.15) is 33.1 Å². The van der Waals surface area contributed by atoms with Gasteiger partial charge in [0.2, 0.25) is 0 Å². The molecular weight excluding hydrogens is 358 g/mol. The minimum Gasteiger partial charge on any atom is -0.348 e. The van der Waals surface area contributed by atoms with E-state index in [9.17, 15) is 13.2 Å². The van der Waals surface area contributed by atoms with Crippen LogP contribution in [0.3, 0.4) is 0 Å². The largest absolute Gasteiger partial charge is 0.348 e. The van der Waals surface area contributed by atoms with Gasteiger partial charge < -0.3 is 9.47 Å². The molecule has 1 heterocycles. The highest BCUT2D eigenvalue weighted by Gasteiger charge is 2.37. The van der Waals surface area contributed by atoms with Crippen LogP contribution in [0.2, 0.25) is 0 Å². The molecule has 8 heteroatoms. The molecule has 7 nitrogen and oxygen atoms in total. The summed E-state index contributed by atoms with van der Waals surface area (Å²) in [6, 6.07) is 8.01. The molecule has 0 bridgehead atoms. The summed E-state index contributed by atoms with van der Waals surface area (Å²) in [6.45, 7) is 4.15. The molecule has 0 spiro atoms. The molecular formula is C18H27NO6S. The third-order valence-electron chi connectivity index (χ3n) is 4.37. The van der Waals surface area contributed by atoms with E-state index >= 15 is 0 Å². The van der Waals surface area contributed by atoms with E-state index in [-0.39, 0.29) is 17.4 Å². The maximum atomic E-state index is 13.0. The Kier molecular flexibility index (Phi) is 6.79. The lowest BCUT2D eigenvalue weighted by Gasteiger charge is -2.22. The van der Waals surface area contributed by atoms with Crippen molar-refractivity contribution in [2.75, 3.05) is 20.8 Å². The molecule has 1 fully saturated rings. The number of sulfone groups is 1. The number of hydrogen-bond donors (Lipinski definition) is 0. The third kappa shape index (κ3) is 5.03. The molecule has 1 aromatic rings. The van der Waals surface area contributed by atoms with E-state index in [1.54, 1.807) is 18.2 Å². The van der Waals surface area contributed by atoms with Gasteiger partial charge >= 0.3 is 0 Å². The molecule has 26 heavy (non-hydrogen) atoms. The highest BCUT2D eigenvalue weighted by atomic mass is 32.2. The highest BCUT2D eigenvalue weighted by Crippen LogP contribution is 2.27. The monoisotopic (exact) mass is 385 g/mol. The molecule has 0 aliphatic carbocycles. The smallest absolute Gasteiger partial charge is 0.264 e. The van der Waals surface area contributed by atoms with Crippen molar-refractivity contribution in [1.82, 2.24) is 5.06 Å². The van der Waals surface area contributed by atoms with Crippen LogP contribution in [0.4, 0.5) is 0 Å². The quantitative estimate of drug-likeness (QED) is 0.638. The normalized spacial score (nSPS) is 20.7. The van der Waals surface area contributed by atoms with Crippen LogP contribution in [0.25, 0.3) is 0 Å². The molecule has 0 aromatic heterocycles. The van der Waals surface area contributed by atoms with Gasteiger partial charge in [-0.15, -0.1) is 0 Å². The van der Waals surface area contributed by atoms with E-state index in [2.05, 4.69) is 0 Å². The molecule has 2 rings (SSSR count). The van der Waals surface area contributed by atoms with Gasteiger partial charge in [-0.1, -0.05) is 18.2 Å². The summed E-state index contributed by atoms with van der Waals surface area (Å²) in [6.07, 6.45) is 1.22. The van der Waals surface area contributed by atoms with Crippen molar-refractivity contribution in [3.8, 4) is 0 Å². The second-order valence-electron chi connectivity index (χ2n) is 6.75. The number of carbonyl (C=O) groups excluding carboxylic acids is 1. The highest BCUT2D eigenvalue weighted by molar-refractivity contribution is 7.92. The van der Waals surface area contributed by atoms with Crippen LogP contribution in [0.5, 0.6) is 0 Å². The predicted octanol–water partition coefficient (Wildman–Crippen LogP) is 2.17. The van der Waals surface area contributed by atoms with Crippen LogP contribution in [-0.4, -0.2) is 57.3 Å². The standard InChI is InChI=1S/C18H27NO6S/c1-18(2)24-13-14(25-18)9-8-12-16(17(20)19(3)23-4)26(21,22)15-10-6-5-7-11-15/h5-7,10-11,14,16H,8-9,12-13H2,1-4H3/t14-,16?/m0/s1. The second-order valence-corrected chi connectivity index (χ2v) is 8.88.